The van der Waals surface area contributed by atoms with Crippen LogP contribution in [0.2, 0.25) is 0 Å². The van der Waals surface area contributed by atoms with Gasteiger partial charge in [0.1, 0.15) is 4.90 Å². The summed E-state index contributed by atoms with van der Waals surface area (Å²) in [5.41, 5.74) is -1.72. The van der Waals surface area contributed by atoms with Crippen LogP contribution in [0.4, 0.5) is 19.4 Å². The number of halogens is 5. The van der Waals surface area contributed by atoms with Crippen LogP contribution in [0.1, 0.15) is 32.4 Å². The Morgan fingerprint density at radius 1 is 1.07 bits per heavy atom. The van der Waals surface area contributed by atoms with Gasteiger partial charge in [-0.1, -0.05) is 33.3 Å². The van der Waals surface area contributed by atoms with Gasteiger partial charge >= 0.3 is 21.9 Å². The number of nitrogens with one attached hydrogen (secondary N) is 1. The highest BCUT2D eigenvalue weighted by atomic mass is 32.5. The molecule has 0 spiro atoms. The predicted molar refractivity (Wildman–Crippen MR) is 103 cm³/mol. The molecule has 1 aromatic heterocycles. The molecule has 168 valence electrons. The fourth-order valence-corrected chi connectivity index (χ4v) is 3.18. The maximum Gasteiger partial charge on any atom is 0.333 e. The number of hydrogen-bond acceptors (Lipinski definition) is 4. The van der Waals surface area contributed by atoms with Crippen molar-refractivity contribution in [1.82, 2.24) is 9.55 Å². The van der Waals surface area contributed by atoms with Crippen LogP contribution in [-0.2, 0) is 16.0 Å². The van der Waals surface area contributed by atoms with Gasteiger partial charge in [-0.05, 0) is 43.5 Å². The summed E-state index contributed by atoms with van der Waals surface area (Å²) < 4.78 is 69.5. The maximum absolute atomic E-state index is 12.8. The molecule has 0 aliphatic rings. The summed E-state index contributed by atoms with van der Waals surface area (Å²) in [6, 6.07) is 2.63. The molecule has 0 atom stereocenters. The Morgan fingerprint density at radius 2 is 1.67 bits per heavy atom. The van der Waals surface area contributed by atoms with E-state index in [0.717, 1.165) is 6.07 Å². The van der Waals surface area contributed by atoms with E-state index < -0.39 is 26.4 Å². The number of benzene rings is 1. The monoisotopic (exact) mass is 456 g/mol. The Bertz CT molecular complexity index is 1010. The van der Waals surface area contributed by atoms with Crippen molar-refractivity contribution in [3.63, 3.8) is 0 Å². The van der Waals surface area contributed by atoms with E-state index in [-0.39, 0.29) is 36.3 Å². The molecule has 0 unspecified atom stereocenters. The number of aryl methyl sites for hydroxylation is 1. The van der Waals surface area contributed by atoms with Gasteiger partial charge in [-0.25, -0.2) is 9.36 Å². The third-order valence-corrected chi connectivity index (χ3v) is 5.25. The standard InChI is InChI=1S/C18H21F5N2O4S/c1-12(2)17(27)29-10-4-3-5-13-11-16(26)25(18(28)24-13)14-6-8-15(9-7-14)30(19,20,21,22)23/h6-9,11-12H,3-5,10H2,1-2H3,(H,24,28). The summed E-state index contributed by atoms with van der Waals surface area (Å²) in [6.07, 6.45) is 1.30. The van der Waals surface area contributed by atoms with Crippen LogP contribution in [0.15, 0.2) is 44.8 Å². The fraction of sp³-hybridized carbons (Fsp3) is 0.389. The van der Waals surface area contributed by atoms with Gasteiger partial charge in [-0.15, -0.1) is 0 Å². The molecule has 30 heavy (non-hydrogen) atoms. The van der Waals surface area contributed by atoms with E-state index in [0.29, 0.717) is 41.7 Å². The summed E-state index contributed by atoms with van der Waals surface area (Å²) in [5.74, 6) is -0.575. The first-order valence-corrected chi connectivity index (χ1v) is 10.9. The van der Waals surface area contributed by atoms with Crippen LogP contribution >= 0.6 is 10.2 Å². The summed E-state index contributed by atoms with van der Waals surface area (Å²) >= 11 is 0. The number of carbonyl (C=O) groups excluding carboxylic acids is 1. The Morgan fingerprint density at radius 3 is 2.17 bits per heavy atom. The smallest absolute Gasteiger partial charge is 0.333 e. The zero-order valence-electron chi connectivity index (χ0n) is 16.2. The van der Waals surface area contributed by atoms with Crippen LogP contribution in [0.3, 0.4) is 0 Å². The van der Waals surface area contributed by atoms with Crippen LogP contribution in [0.5, 0.6) is 0 Å². The minimum atomic E-state index is -9.84. The van der Waals surface area contributed by atoms with Gasteiger partial charge in [0.15, 0.2) is 0 Å². The van der Waals surface area contributed by atoms with Gasteiger partial charge in [-0.3, -0.25) is 9.59 Å². The quantitative estimate of drug-likeness (QED) is 0.355. The highest BCUT2D eigenvalue weighted by Gasteiger charge is 2.65. The zero-order valence-corrected chi connectivity index (χ0v) is 17.0. The number of esters is 1. The Labute approximate surface area is 168 Å². The molecule has 0 aliphatic carbocycles. The average Bonchev–Trinajstić information content (AvgIpc) is 2.59. The van der Waals surface area contributed by atoms with E-state index in [9.17, 15) is 33.8 Å². The predicted octanol–water partition coefficient (Wildman–Crippen LogP) is 4.71. The molecule has 6 nitrogen and oxygen atoms in total. The van der Waals surface area contributed by atoms with Crippen molar-refractivity contribution < 1.29 is 29.0 Å². The normalized spacial score (nSPS) is 14.3. The van der Waals surface area contributed by atoms with Gasteiger partial charge in [-0.2, -0.15) is 0 Å². The van der Waals surface area contributed by atoms with E-state index in [1.165, 1.54) is 0 Å². The molecule has 2 aromatic rings. The number of carbonyl (C=O) groups is 1. The molecule has 1 aromatic carbocycles. The van der Waals surface area contributed by atoms with Gasteiger partial charge < -0.3 is 9.72 Å². The highest BCUT2D eigenvalue weighted by molar-refractivity contribution is 8.45. The van der Waals surface area contributed by atoms with Crippen molar-refractivity contribution in [2.24, 2.45) is 5.92 Å². The number of rotatable bonds is 8. The van der Waals surface area contributed by atoms with E-state index in [1.807, 2.05) is 0 Å². The number of nitrogens with zero attached hydrogens (tertiary/aromatic N) is 1. The minimum Gasteiger partial charge on any atom is -0.465 e. The number of ether oxygens (including phenoxy) is 1. The molecule has 0 fully saturated rings. The van der Waals surface area contributed by atoms with Crippen LogP contribution in [0, 0.1) is 5.92 Å². The van der Waals surface area contributed by atoms with Gasteiger partial charge in [0, 0.05) is 11.8 Å². The number of H-pyrrole nitrogens is 1. The lowest BCUT2D eigenvalue weighted by Crippen LogP contribution is -2.34. The third kappa shape index (κ3) is 6.18. The summed E-state index contributed by atoms with van der Waals surface area (Å²) in [7, 11) is -9.84. The van der Waals surface area contributed by atoms with E-state index >= 15 is 0 Å². The summed E-state index contributed by atoms with van der Waals surface area (Å²) in [6.45, 7) is 3.59. The molecule has 1 heterocycles. The van der Waals surface area contributed by atoms with Crippen LogP contribution in [-0.4, -0.2) is 22.1 Å². The second-order valence-corrected chi connectivity index (χ2v) is 9.42. The highest BCUT2D eigenvalue weighted by Crippen LogP contribution is 3.02. The molecule has 0 amide bonds. The molecular formula is C18H21F5N2O4S. The van der Waals surface area contributed by atoms with Crippen molar-refractivity contribution in [2.75, 3.05) is 6.61 Å². The Kier molecular flexibility index (Phi) is 5.96. The Hall–Kier alpha value is -2.63. The first-order chi connectivity index (χ1) is 13.6. The molecule has 0 bridgehead atoms. The van der Waals surface area contributed by atoms with Crippen molar-refractivity contribution in [3.8, 4) is 5.69 Å². The van der Waals surface area contributed by atoms with E-state index in [4.69, 9.17) is 4.74 Å². The lowest BCUT2D eigenvalue weighted by molar-refractivity contribution is -0.147. The van der Waals surface area contributed by atoms with Crippen molar-refractivity contribution in [3.05, 3.63) is 56.9 Å². The first-order valence-electron chi connectivity index (χ1n) is 8.95. The molecule has 1 N–H and O–H groups in total. The van der Waals surface area contributed by atoms with Gasteiger partial charge in [0.25, 0.3) is 5.56 Å². The second-order valence-electron chi connectivity index (χ2n) is 7.02. The zero-order chi connectivity index (χ0) is 22.8. The molecule has 12 heteroatoms. The SMILES string of the molecule is CC(C)C(=O)OCCCCc1cc(=O)n(-c2ccc(S(F)(F)(F)(F)F)cc2)c(=O)[nH]1. The third-order valence-electron chi connectivity index (χ3n) is 4.09. The van der Waals surface area contributed by atoms with Gasteiger partial charge in [0.05, 0.1) is 18.2 Å². The molecule has 2 rings (SSSR count). The number of aromatic amines is 1. The summed E-state index contributed by atoms with van der Waals surface area (Å²) in [4.78, 5) is 36.1. The largest absolute Gasteiger partial charge is 0.465 e. The Balaban J connectivity index is 2.11. The number of unbranched alkanes of at least 4 members (excludes halogenated alkanes) is 1. The number of hydrogen-bond donors (Lipinski definition) is 1. The summed E-state index contributed by atoms with van der Waals surface area (Å²) in [5, 5.41) is 0. The molecule has 0 saturated heterocycles. The fourth-order valence-electron chi connectivity index (χ4n) is 2.53. The molecule has 0 aliphatic heterocycles. The van der Waals surface area contributed by atoms with Crippen molar-refractivity contribution in [2.45, 2.75) is 38.0 Å². The maximum atomic E-state index is 12.8. The first kappa shape index (κ1) is 23.6. The molecular weight excluding hydrogens is 435 g/mol. The number of aromatic nitrogens is 2. The molecule has 0 radical (unpaired) electrons. The van der Waals surface area contributed by atoms with Crippen LogP contribution in [0.25, 0.3) is 5.69 Å². The average molecular weight is 456 g/mol. The lowest BCUT2D eigenvalue weighted by Gasteiger charge is -2.40. The lowest BCUT2D eigenvalue weighted by atomic mass is 10.2. The minimum absolute atomic E-state index is 0.134. The topological polar surface area (TPSA) is 81.2 Å². The van der Waals surface area contributed by atoms with Crippen molar-refractivity contribution >= 4 is 16.2 Å². The van der Waals surface area contributed by atoms with Crippen LogP contribution < -0.4 is 11.2 Å². The van der Waals surface area contributed by atoms with Gasteiger partial charge in [0.2, 0.25) is 0 Å². The van der Waals surface area contributed by atoms with E-state index in [1.54, 1.807) is 13.8 Å². The van der Waals surface area contributed by atoms with Crippen molar-refractivity contribution in [1.29, 1.82) is 0 Å². The van der Waals surface area contributed by atoms with E-state index in [2.05, 4.69) is 4.98 Å². The second kappa shape index (κ2) is 7.56. The molecule has 0 saturated carbocycles.